The van der Waals surface area contributed by atoms with Crippen molar-refractivity contribution in [3.8, 4) is 11.5 Å². The molecule has 0 radical (unpaired) electrons. The van der Waals surface area contributed by atoms with Crippen LogP contribution in [0.15, 0.2) is 42.5 Å². The highest BCUT2D eigenvalue weighted by Crippen LogP contribution is 2.19. The van der Waals surface area contributed by atoms with E-state index in [-0.39, 0.29) is 11.9 Å². The number of carbonyl (C=O) groups is 1. The molecule has 30 heavy (non-hydrogen) atoms. The van der Waals surface area contributed by atoms with E-state index in [9.17, 15) is 4.79 Å². The van der Waals surface area contributed by atoms with Crippen molar-refractivity contribution in [2.24, 2.45) is 0 Å². The highest BCUT2D eigenvalue weighted by atomic mass is 16.5. The number of quaternary nitrogens is 2. The topological polar surface area (TPSA) is 56.4 Å². The third-order valence-corrected chi connectivity index (χ3v) is 6.12. The SMILES string of the molecule is COc1ccc(OCC[NH+]2CC[NH+]([C@@H](C)C(=O)Nc3c(C)cccc3C)CC2)cc1. The third-order valence-electron chi connectivity index (χ3n) is 6.12. The molecular weight excluding hydrogens is 378 g/mol. The second-order valence-corrected chi connectivity index (χ2v) is 8.16. The Labute approximate surface area is 179 Å². The maximum atomic E-state index is 12.8. The van der Waals surface area contributed by atoms with Gasteiger partial charge in [-0.2, -0.15) is 0 Å². The van der Waals surface area contributed by atoms with E-state index < -0.39 is 0 Å². The molecule has 162 valence electrons. The van der Waals surface area contributed by atoms with Gasteiger partial charge in [0, 0.05) is 5.69 Å². The second-order valence-electron chi connectivity index (χ2n) is 8.16. The number of carbonyl (C=O) groups excluding carboxylic acids is 1. The molecule has 1 saturated heterocycles. The number of methoxy groups -OCH3 is 1. The maximum absolute atomic E-state index is 12.8. The number of ether oxygens (including phenoxy) is 2. The Morgan fingerprint density at radius 3 is 2.20 bits per heavy atom. The van der Waals surface area contributed by atoms with Crippen LogP contribution in [0.1, 0.15) is 18.1 Å². The van der Waals surface area contributed by atoms with Crippen LogP contribution in [0.25, 0.3) is 0 Å². The first-order valence-corrected chi connectivity index (χ1v) is 10.8. The molecule has 0 unspecified atom stereocenters. The van der Waals surface area contributed by atoms with Gasteiger partial charge in [0.05, 0.1) is 7.11 Å². The number of rotatable bonds is 8. The fraction of sp³-hybridized carbons (Fsp3) is 0.458. The second kappa shape index (κ2) is 10.5. The summed E-state index contributed by atoms with van der Waals surface area (Å²) in [6.45, 7) is 11.9. The van der Waals surface area contributed by atoms with Crippen LogP contribution in [0.3, 0.4) is 0 Å². The summed E-state index contributed by atoms with van der Waals surface area (Å²) < 4.78 is 11.0. The zero-order chi connectivity index (χ0) is 21.5. The lowest BCUT2D eigenvalue weighted by Gasteiger charge is -2.32. The van der Waals surface area contributed by atoms with Gasteiger partial charge in [0.2, 0.25) is 0 Å². The molecule has 0 spiro atoms. The molecule has 6 heteroatoms. The van der Waals surface area contributed by atoms with Crippen molar-refractivity contribution in [2.75, 3.05) is 51.8 Å². The molecular formula is C24H35N3O3+2. The molecule has 1 aliphatic rings. The minimum atomic E-state index is -0.0545. The first-order chi connectivity index (χ1) is 14.5. The monoisotopic (exact) mass is 413 g/mol. The zero-order valence-corrected chi connectivity index (χ0v) is 18.6. The summed E-state index contributed by atoms with van der Waals surface area (Å²) in [5, 5.41) is 3.15. The van der Waals surface area contributed by atoms with E-state index in [1.807, 2.05) is 63.2 Å². The Balaban J connectivity index is 1.41. The number of nitrogens with one attached hydrogen (secondary N) is 3. The predicted octanol–water partition coefficient (Wildman–Crippen LogP) is 0.501. The molecule has 0 aliphatic carbocycles. The number of anilines is 1. The lowest BCUT2D eigenvalue weighted by Crippen LogP contribution is -3.30. The van der Waals surface area contributed by atoms with E-state index in [4.69, 9.17) is 9.47 Å². The van der Waals surface area contributed by atoms with Gasteiger partial charge in [0.25, 0.3) is 5.91 Å². The van der Waals surface area contributed by atoms with E-state index in [2.05, 4.69) is 5.32 Å². The van der Waals surface area contributed by atoms with Gasteiger partial charge in [-0.25, -0.2) is 0 Å². The Hall–Kier alpha value is -2.57. The molecule has 0 bridgehead atoms. The highest BCUT2D eigenvalue weighted by molar-refractivity contribution is 5.95. The first kappa shape index (κ1) is 22.1. The van der Waals surface area contributed by atoms with Crippen LogP contribution in [0.2, 0.25) is 0 Å². The summed E-state index contributed by atoms with van der Waals surface area (Å²) in [6.07, 6.45) is 0. The van der Waals surface area contributed by atoms with Crippen molar-refractivity contribution in [3.05, 3.63) is 53.6 Å². The van der Waals surface area contributed by atoms with Gasteiger partial charge >= 0.3 is 0 Å². The number of aryl methyl sites for hydroxylation is 2. The number of hydrogen-bond donors (Lipinski definition) is 3. The normalized spacial score (nSPS) is 19.7. The van der Waals surface area contributed by atoms with Gasteiger partial charge in [-0.3, -0.25) is 4.79 Å². The van der Waals surface area contributed by atoms with Crippen LogP contribution in [0.4, 0.5) is 5.69 Å². The van der Waals surface area contributed by atoms with E-state index in [0.29, 0.717) is 6.61 Å². The molecule has 0 saturated carbocycles. The summed E-state index contributed by atoms with van der Waals surface area (Å²) in [4.78, 5) is 15.7. The van der Waals surface area contributed by atoms with E-state index in [1.54, 1.807) is 7.11 Å². The number of benzene rings is 2. The van der Waals surface area contributed by atoms with Gasteiger partial charge in [0.15, 0.2) is 6.04 Å². The molecule has 2 aromatic rings. The van der Waals surface area contributed by atoms with Gasteiger partial charge in [-0.1, -0.05) is 18.2 Å². The largest absolute Gasteiger partial charge is 0.497 e. The molecule has 1 heterocycles. The highest BCUT2D eigenvalue weighted by Gasteiger charge is 2.31. The molecule has 2 aromatic carbocycles. The van der Waals surface area contributed by atoms with Crippen LogP contribution in [0, 0.1) is 13.8 Å². The van der Waals surface area contributed by atoms with Gasteiger partial charge in [-0.15, -0.1) is 0 Å². The van der Waals surface area contributed by atoms with Crippen molar-refractivity contribution >= 4 is 11.6 Å². The molecule has 3 N–H and O–H groups in total. The molecule has 1 atom stereocenters. The Morgan fingerprint density at radius 1 is 1.00 bits per heavy atom. The first-order valence-electron chi connectivity index (χ1n) is 10.8. The van der Waals surface area contributed by atoms with E-state index in [1.165, 1.54) is 9.80 Å². The average molecular weight is 414 g/mol. The van der Waals surface area contributed by atoms with Gasteiger partial charge in [0.1, 0.15) is 50.8 Å². The van der Waals surface area contributed by atoms with Crippen LogP contribution < -0.4 is 24.6 Å². The third kappa shape index (κ3) is 5.74. The fourth-order valence-corrected chi connectivity index (χ4v) is 4.02. The fourth-order valence-electron chi connectivity index (χ4n) is 4.02. The molecule has 6 nitrogen and oxygen atoms in total. The number of para-hydroxylation sites is 1. The Kier molecular flexibility index (Phi) is 7.71. The minimum absolute atomic E-state index is 0.0545. The van der Waals surface area contributed by atoms with E-state index >= 15 is 0 Å². The minimum Gasteiger partial charge on any atom is -0.497 e. The standard InChI is InChI=1S/C24H33N3O3/c1-18-6-5-7-19(2)23(18)25-24(28)20(3)27-14-12-26(13-15-27)16-17-30-22-10-8-21(29-4)9-11-22/h5-11,20H,12-17H2,1-4H3,(H,25,28)/p+2/t20-/m0/s1. The maximum Gasteiger partial charge on any atom is 0.282 e. The number of piperazine rings is 1. The van der Waals surface area contributed by atoms with Gasteiger partial charge < -0.3 is 24.6 Å². The number of amides is 1. The van der Waals surface area contributed by atoms with Crippen molar-refractivity contribution < 1.29 is 24.1 Å². The average Bonchev–Trinajstić information content (AvgIpc) is 2.76. The summed E-state index contributed by atoms with van der Waals surface area (Å²) in [6, 6.07) is 13.7. The predicted molar refractivity (Wildman–Crippen MR) is 119 cm³/mol. The summed E-state index contributed by atoms with van der Waals surface area (Å²) in [5.41, 5.74) is 3.17. The number of hydrogen-bond acceptors (Lipinski definition) is 3. The van der Waals surface area contributed by atoms with Crippen LogP contribution in [0.5, 0.6) is 11.5 Å². The molecule has 1 fully saturated rings. The van der Waals surface area contributed by atoms with E-state index in [0.717, 1.165) is 61.0 Å². The Morgan fingerprint density at radius 2 is 1.60 bits per heavy atom. The summed E-state index contributed by atoms with van der Waals surface area (Å²) >= 11 is 0. The van der Waals surface area contributed by atoms with Crippen molar-refractivity contribution in [3.63, 3.8) is 0 Å². The van der Waals surface area contributed by atoms with Crippen LogP contribution in [-0.4, -0.2) is 58.4 Å². The van der Waals surface area contributed by atoms with Crippen molar-refractivity contribution in [1.29, 1.82) is 0 Å². The summed E-state index contributed by atoms with van der Waals surface area (Å²) in [5.74, 6) is 1.81. The molecule has 1 aliphatic heterocycles. The Bertz CT molecular complexity index is 810. The molecule has 1 amide bonds. The lowest BCUT2D eigenvalue weighted by atomic mass is 10.1. The van der Waals surface area contributed by atoms with Crippen LogP contribution >= 0.6 is 0 Å². The molecule has 0 aromatic heterocycles. The van der Waals surface area contributed by atoms with Crippen LogP contribution in [-0.2, 0) is 4.79 Å². The lowest BCUT2D eigenvalue weighted by molar-refractivity contribution is -1.02. The summed E-state index contributed by atoms with van der Waals surface area (Å²) in [7, 11) is 1.66. The van der Waals surface area contributed by atoms with Gasteiger partial charge in [-0.05, 0) is 56.2 Å². The quantitative estimate of drug-likeness (QED) is 0.591. The smallest absolute Gasteiger partial charge is 0.282 e. The molecule has 3 rings (SSSR count). The van der Waals surface area contributed by atoms with Crippen molar-refractivity contribution in [1.82, 2.24) is 0 Å². The van der Waals surface area contributed by atoms with Crippen molar-refractivity contribution in [2.45, 2.75) is 26.8 Å². The zero-order valence-electron chi connectivity index (χ0n) is 18.6.